The molecule has 6 aromatic heterocycles. The van der Waals surface area contributed by atoms with Gasteiger partial charge in [-0.05, 0) is 165 Å². The Balaban J connectivity index is 0.000000192. The van der Waals surface area contributed by atoms with Gasteiger partial charge in [-0.1, -0.05) is 77.4 Å². The molecule has 468 valence electrons. The molecule has 9 aromatic rings. The second-order valence-electron chi connectivity index (χ2n) is 25.5. The van der Waals surface area contributed by atoms with Crippen molar-refractivity contribution >= 4 is 29.3 Å². The molecule has 0 saturated carbocycles. The van der Waals surface area contributed by atoms with Crippen LogP contribution in [-0.2, 0) is 6.18 Å². The lowest BCUT2D eigenvalue weighted by atomic mass is 9.99. The summed E-state index contributed by atoms with van der Waals surface area (Å²) in [5.74, 6) is -0.550. The second-order valence-corrected chi connectivity index (χ2v) is 25.9. The third-order valence-corrected chi connectivity index (χ3v) is 13.5. The predicted octanol–water partition coefficient (Wildman–Crippen LogP) is 16.4. The first-order chi connectivity index (χ1) is 42.1. The van der Waals surface area contributed by atoms with Crippen molar-refractivity contribution in [3.63, 3.8) is 0 Å². The number of nitrogens with zero attached hydrogens (tertiary/aromatic N) is 9. The van der Waals surface area contributed by atoms with E-state index in [0.717, 1.165) is 51.5 Å². The van der Waals surface area contributed by atoms with Gasteiger partial charge in [0.05, 0.1) is 56.8 Å². The molecule has 0 bridgehead atoms. The maximum atomic E-state index is 13.4. The fourth-order valence-corrected chi connectivity index (χ4v) is 9.27. The van der Waals surface area contributed by atoms with E-state index in [2.05, 4.69) is 64.7 Å². The van der Waals surface area contributed by atoms with Crippen LogP contribution in [0.2, 0.25) is 5.02 Å². The van der Waals surface area contributed by atoms with Crippen LogP contribution in [0.25, 0.3) is 67.5 Å². The molecule has 6 heterocycles. The smallest absolute Gasteiger partial charge is 0.347 e. The number of halogens is 5. The van der Waals surface area contributed by atoms with Crippen LogP contribution in [0, 0.1) is 5.82 Å². The lowest BCUT2D eigenvalue weighted by Gasteiger charge is -2.21. The first kappa shape index (κ1) is 68.3. The van der Waals surface area contributed by atoms with E-state index in [-0.39, 0.29) is 52.4 Å². The molecule has 15 nitrogen and oxygen atoms in total. The topological polar surface area (TPSA) is 203 Å². The molecule has 3 aromatic carbocycles. The molecule has 0 aliphatic carbocycles. The summed E-state index contributed by atoms with van der Waals surface area (Å²) in [5, 5.41) is 9.56. The lowest BCUT2D eigenvalue weighted by Crippen LogP contribution is -2.40. The summed E-state index contributed by atoms with van der Waals surface area (Å²) in [6, 6.07) is 28.5. The first-order valence-corrected chi connectivity index (χ1v) is 29.6. The van der Waals surface area contributed by atoms with Gasteiger partial charge in [0.25, 0.3) is 17.7 Å². The summed E-state index contributed by atoms with van der Waals surface area (Å²) in [6.07, 6.45) is 5.16. The fraction of sp³-hybridized carbons (Fsp3) is 0.314. The molecule has 0 fully saturated rings. The second kappa shape index (κ2) is 28.5. The average Bonchev–Trinajstić information content (AvgIpc) is 1.02. The summed E-state index contributed by atoms with van der Waals surface area (Å²) in [4.78, 5) is 78.5. The minimum absolute atomic E-state index is 0.0800. The number of carbonyl (C=O) groups is 3. The standard InChI is InChI=1S/C24H25F3N4O.C23H25ClN4O.C23H25FN4O/c1-14(2)21-18(12-28-13-29-21)20-11-16(22(32)31-23(3,4)5)10-19(30-20)15-6-8-17(9-7-15)24(25,26)27;2*1-14(2)21-18(12-25-13-26-21)20-11-16(22(29)28-23(3,4)5)10-19(27-20)15-6-8-17(24)9-7-15/h6-14H,1-5H3,(H,31,32);2*6-14H,1-5H3,(H,28,29). The Morgan fingerprint density at radius 1 is 0.411 bits per heavy atom. The van der Waals surface area contributed by atoms with Gasteiger partial charge in [0.2, 0.25) is 0 Å². The van der Waals surface area contributed by atoms with Gasteiger partial charge < -0.3 is 16.0 Å². The van der Waals surface area contributed by atoms with Crippen molar-refractivity contribution in [3.8, 4) is 67.5 Å². The van der Waals surface area contributed by atoms with Crippen LogP contribution in [0.3, 0.4) is 0 Å². The molecule has 90 heavy (non-hydrogen) atoms. The Bertz CT molecular complexity index is 3820. The number of hydrogen-bond acceptors (Lipinski definition) is 12. The van der Waals surface area contributed by atoms with Crippen LogP contribution < -0.4 is 16.0 Å². The van der Waals surface area contributed by atoms with E-state index in [1.54, 1.807) is 67.1 Å². The lowest BCUT2D eigenvalue weighted by molar-refractivity contribution is -0.137. The van der Waals surface area contributed by atoms with Crippen molar-refractivity contribution in [2.45, 2.75) is 144 Å². The molecule has 0 atom stereocenters. The average molecular weight is 1240 g/mol. The summed E-state index contributed by atoms with van der Waals surface area (Å²) >= 11 is 6.04. The molecule has 0 saturated heterocycles. The number of aromatic nitrogens is 9. The van der Waals surface area contributed by atoms with Crippen LogP contribution in [-0.4, -0.2) is 79.2 Å². The van der Waals surface area contributed by atoms with Gasteiger partial charge in [-0.3, -0.25) is 14.4 Å². The normalized spacial score (nSPS) is 11.8. The molecular weight excluding hydrogens is 1170 g/mol. The highest BCUT2D eigenvalue weighted by Crippen LogP contribution is 2.35. The molecular formula is C70H75ClF4N12O3. The SMILES string of the molecule is CC(C)c1ncncc1-c1cc(C(=O)NC(C)(C)C)cc(-c2ccc(C(F)(F)F)cc2)n1.CC(C)c1ncncc1-c1cc(C(=O)NC(C)(C)C)cc(-c2ccc(Cl)cc2)n1.CC(C)c1ncncc1-c1cc(C(=O)NC(C)(C)C)cc(-c2ccc(F)cc2)n1. The van der Waals surface area contributed by atoms with Gasteiger partial charge in [-0.25, -0.2) is 49.2 Å². The zero-order valence-electron chi connectivity index (χ0n) is 53.2. The molecule has 0 unspecified atom stereocenters. The summed E-state index contributed by atoms with van der Waals surface area (Å²) in [5.41, 5.74) is 9.67. The number of rotatable bonds is 12. The zero-order valence-corrected chi connectivity index (χ0v) is 54.0. The quantitative estimate of drug-likeness (QED) is 0.0978. The number of amides is 3. The van der Waals surface area contributed by atoms with E-state index in [9.17, 15) is 31.9 Å². The van der Waals surface area contributed by atoms with E-state index in [4.69, 9.17) is 21.6 Å². The highest BCUT2D eigenvalue weighted by atomic mass is 35.5. The zero-order chi connectivity index (χ0) is 66.0. The van der Waals surface area contributed by atoms with Crippen LogP contribution in [0.15, 0.2) is 147 Å². The molecule has 0 radical (unpaired) electrons. The number of hydrogen-bond donors (Lipinski definition) is 3. The van der Waals surface area contributed by atoms with Gasteiger partial charge in [-0.2, -0.15) is 13.2 Å². The van der Waals surface area contributed by atoms with Crippen molar-refractivity contribution in [2.75, 3.05) is 0 Å². The Labute approximate surface area is 528 Å². The van der Waals surface area contributed by atoms with Gasteiger partial charge >= 0.3 is 6.18 Å². The van der Waals surface area contributed by atoms with Gasteiger partial charge in [0.15, 0.2) is 0 Å². The molecule has 20 heteroatoms. The Morgan fingerprint density at radius 2 is 0.678 bits per heavy atom. The van der Waals surface area contributed by atoms with Crippen molar-refractivity contribution in [1.29, 1.82) is 0 Å². The molecule has 3 amide bonds. The van der Waals surface area contributed by atoms with Crippen molar-refractivity contribution in [1.82, 2.24) is 60.8 Å². The first-order valence-electron chi connectivity index (χ1n) is 29.3. The minimum atomic E-state index is -4.43. The molecule has 0 aliphatic rings. The summed E-state index contributed by atoms with van der Waals surface area (Å²) < 4.78 is 52.3. The largest absolute Gasteiger partial charge is 0.416 e. The Kier molecular flexibility index (Phi) is 21.6. The number of nitrogens with one attached hydrogen (secondary N) is 3. The van der Waals surface area contributed by atoms with E-state index in [1.165, 1.54) is 43.2 Å². The molecule has 0 spiro atoms. The van der Waals surface area contributed by atoms with E-state index < -0.39 is 17.3 Å². The van der Waals surface area contributed by atoms with Crippen molar-refractivity contribution in [2.24, 2.45) is 0 Å². The van der Waals surface area contributed by atoms with Crippen LogP contribution in [0.4, 0.5) is 17.6 Å². The highest BCUT2D eigenvalue weighted by Gasteiger charge is 2.30. The number of benzene rings is 3. The predicted molar refractivity (Wildman–Crippen MR) is 346 cm³/mol. The number of alkyl halides is 3. The van der Waals surface area contributed by atoms with Crippen LogP contribution in [0.5, 0.6) is 0 Å². The summed E-state index contributed by atoms with van der Waals surface area (Å²) in [6.45, 7) is 29.4. The van der Waals surface area contributed by atoms with Gasteiger partial charge in [0.1, 0.15) is 24.8 Å². The third-order valence-electron chi connectivity index (χ3n) is 13.2. The van der Waals surface area contributed by atoms with Crippen molar-refractivity contribution < 1.29 is 31.9 Å². The number of pyridine rings is 3. The van der Waals surface area contributed by atoms with E-state index >= 15 is 0 Å². The minimum Gasteiger partial charge on any atom is -0.347 e. The maximum Gasteiger partial charge on any atom is 0.416 e. The third kappa shape index (κ3) is 18.9. The fourth-order valence-electron chi connectivity index (χ4n) is 9.14. The molecule has 3 N–H and O–H groups in total. The molecule has 9 rings (SSSR count). The van der Waals surface area contributed by atoms with E-state index in [1.807, 2.05) is 114 Å². The van der Waals surface area contributed by atoms with Crippen LogP contribution >= 0.6 is 11.6 Å². The maximum absolute atomic E-state index is 13.4. The highest BCUT2D eigenvalue weighted by molar-refractivity contribution is 6.30. The number of carbonyl (C=O) groups excluding carboxylic acids is 3. The Morgan fingerprint density at radius 3 is 0.944 bits per heavy atom. The summed E-state index contributed by atoms with van der Waals surface area (Å²) in [7, 11) is 0. The van der Waals surface area contributed by atoms with Gasteiger partial charge in [0, 0.05) is 90.3 Å². The van der Waals surface area contributed by atoms with E-state index in [0.29, 0.717) is 67.0 Å². The van der Waals surface area contributed by atoms with Gasteiger partial charge in [-0.15, -0.1) is 0 Å². The molecule has 0 aliphatic heterocycles. The van der Waals surface area contributed by atoms with Crippen LogP contribution in [0.1, 0.15) is 175 Å². The Hall–Kier alpha value is -9.23. The van der Waals surface area contributed by atoms with Crippen molar-refractivity contribution in [3.05, 3.63) is 197 Å². The monoisotopic (exact) mass is 1240 g/mol.